The quantitative estimate of drug-likeness (QED) is 0.504. The molecule has 0 bridgehead atoms. The molecule has 1 aromatic heterocycles. The molecule has 34 heavy (non-hydrogen) atoms. The van der Waals surface area contributed by atoms with Crippen LogP contribution in [0.15, 0.2) is 28.4 Å². The van der Waals surface area contributed by atoms with Crippen LogP contribution in [-0.4, -0.2) is 104 Å². The zero-order valence-corrected chi connectivity index (χ0v) is 19.3. The van der Waals surface area contributed by atoms with E-state index in [2.05, 4.69) is 35.1 Å². The molecule has 0 radical (unpaired) electrons. The second-order valence-electron chi connectivity index (χ2n) is 8.42. The van der Waals surface area contributed by atoms with E-state index in [0.29, 0.717) is 12.2 Å². The zero-order chi connectivity index (χ0) is 23.8. The third kappa shape index (κ3) is 7.00. The number of H-pyrrole nitrogens is 1. The van der Waals surface area contributed by atoms with Gasteiger partial charge in [0.25, 0.3) is 0 Å². The minimum Gasteiger partial charge on any atom is -0.380 e. The van der Waals surface area contributed by atoms with E-state index in [1.807, 2.05) is 0 Å². The number of benzene rings is 1. The molecule has 2 aliphatic heterocycles. The molecule has 3 N–H and O–H groups in total. The van der Waals surface area contributed by atoms with Gasteiger partial charge in [0.1, 0.15) is 0 Å². The Hall–Kier alpha value is -2.51. The first-order valence-corrected chi connectivity index (χ1v) is 11.6. The van der Waals surface area contributed by atoms with Crippen molar-refractivity contribution in [2.45, 2.75) is 6.54 Å². The molecule has 1 aromatic carbocycles. The summed E-state index contributed by atoms with van der Waals surface area (Å²) in [5.41, 5.74) is 7.36. The Bertz CT molecular complexity index is 923. The maximum atomic E-state index is 13.5. The Balaban J connectivity index is 1.43. The average molecular weight is 479 g/mol. The van der Waals surface area contributed by atoms with Crippen molar-refractivity contribution in [1.82, 2.24) is 24.9 Å². The Morgan fingerprint density at radius 1 is 0.941 bits per heavy atom. The fourth-order valence-corrected chi connectivity index (χ4v) is 3.97. The van der Waals surface area contributed by atoms with Gasteiger partial charge in [-0.3, -0.25) is 19.8 Å². The second-order valence-corrected chi connectivity index (χ2v) is 8.42. The van der Waals surface area contributed by atoms with E-state index in [4.69, 9.17) is 15.2 Å². The van der Waals surface area contributed by atoms with Gasteiger partial charge < -0.3 is 15.2 Å². The van der Waals surface area contributed by atoms with Gasteiger partial charge in [-0.15, -0.1) is 5.11 Å². The molecule has 0 atom stereocenters. The van der Waals surface area contributed by atoms with Crippen LogP contribution in [0.5, 0.6) is 0 Å². The SMILES string of the molecule is Nc1n[nH]c(CN(CCN2CCOCC2)CCN2CCOCC2)c1N=Nc1ccc(F)c(F)c1. The number of nitrogens with zero attached hydrogens (tertiary/aromatic N) is 6. The molecule has 0 amide bonds. The largest absolute Gasteiger partial charge is 0.380 e. The second kappa shape index (κ2) is 12.3. The van der Waals surface area contributed by atoms with Gasteiger partial charge in [0.15, 0.2) is 23.1 Å². The highest BCUT2D eigenvalue weighted by Crippen LogP contribution is 2.28. The van der Waals surface area contributed by atoms with E-state index < -0.39 is 11.6 Å². The molecule has 2 fully saturated rings. The first-order chi connectivity index (χ1) is 16.6. The van der Waals surface area contributed by atoms with E-state index >= 15 is 0 Å². The molecular formula is C22H32F2N8O2. The molecular weight excluding hydrogens is 446 g/mol. The van der Waals surface area contributed by atoms with Crippen molar-refractivity contribution in [3.05, 3.63) is 35.5 Å². The number of rotatable bonds is 10. The van der Waals surface area contributed by atoms with Crippen molar-refractivity contribution in [3.63, 3.8) is 0 Å². The van der Waals surface area contributed by atoms with Crippen LogP contribution in [0.25, 0.3) is 0 Å². The third-order valence-corrected chi connectivity index (χ3v) is 6.06. The monoisotopic (exact) mass is 478 g/mol. The van der Waals surface area contributed by atoms with Crippen LogP contribution in [0.4, 0.5) is 26.0 Å². The highest BCUT2D eigenvalue weighted by atomic mass is 19.2. The number of aromatic nitrogens is 2. The predicted molar refractivity (Wildman–Crippen MR) is 123 cm³/mol. The summed E-state index contributed by atoms with van der Waals surface area (Å²) in [5, 5.41) is 15.3. The van der Waals surface area contributed by atoms with E-state index in [-0.39, 0.29) is 11.5 Å². The van der Waals surface area contributed by atoms with Crippen molar-refractivity contribution in [3.8, 4) is 0 Å². The fraction of sp³-hybridized carbons (Fsp3) is 0.591. The Morgan fingerprint density at radius 3 is 2.15 bits per heavy atom. The lowest BCUT2D eigenvalue weighted by atomic mass is 10.3. The first-order valence-electron chi connectivity index (χ1n) is 11.6. The standard InChI is InChI=1S/C22H32F2N8O2/c23-18-2-1-17(15-19(18)24)26-28-21-20(27-29-22(21)25)16-32(5-3-30-7-11-33-12-8-30)6-4-31-9-13-34-14-10-31/h1-2,15H,3-14,16H2,(H3,25,27,29). The van der Waals surface area contributed by atoms with Crippen molar-refractivity contribution in [2.75, 3.05) is 84.5 Å². The molecule has 4 rings (SSSR count). The number of nitrogens with two attached hydrogens (primary N) is 1. The Kier molecular flexibility index (Phi) is 8.88. The first kappa shape index (κ1) is 24.6. The highest BCUT2D eigenvalue weighted by molar-refractivity contribution is 5.60. The van der Waals surface area contributed by atoms with Crippen LogP contribution in [-0.2, 0) is 16.0 Å². The maximum absolute atomic E-state index is 13.5. The summed E-state index contributed by atoms with van der Waals surface area (Å²) in [6, 6.07) is 3.36. The molecule has 0 unspecified atom stereocenters. The molecule has 2 saturated heterocycles. The van der Waals surface area contributed by atoms with Gasteiger partial charge in [0.2, 0.25) is 0 Å². The lowest BCUT2D eigenvalue weighted by molar-refractivity contribution is 0.0250. The van der Waals surface area contributed by atoms with Gasteiger partial charge in [-0.1, -0.05) is 0 Å². The summed E-state index contributed by atoms with van der Waals surface area (Å²) in [4.78, 5) is 7.14. The van der Waals surface area contributed by atoms with E-state index in [0.717, 1.165) is 96.6 Å². The van der Waals surface area contributed by atoms with E-state index in [1.54, 1.807) is 0 Å². The summed E-state index contributed by atoms with van der Waals surface area (Å²) in [7, 11) is 0. The number of morpholine rings is 2. The Morgan fingerprint density at radius 2 is 1.56 bits per heavy atom. The normalized spacial score (nSPS) is 18.3. The lowest BCUT2D eigenvalue weighted by Crippen LogP contribution is -2.44. The van der Waals surface area contributed by atoms with Crippen molar-refractivity contribution in [2.24, 2.45) is 10.2 Å². The number of ether oxygens (including phenoxy) is 2. The summed E-state index contributed by atoms with van der Waals surface area (Å²) < 4.78 is 37.6. The number of anilines is 1. The number of nitrogens with one attached hydrogen (secondary N) is 1. The molecule has 2 aromatic rings. The number of aromatic amines is 1. The number of azo groups is 1. The molecule has 0 saturated carbocycles. The van der Waals surface area contributed by atoms with E-state index in [1.165, 1.54) is 6.07 Å². The smallest absolute Gasteiger partial charge is 0.173 e. The highest BCUT2D eigenvalue weighted by Gasteiger charge is 2.19. The van der Waals surface area contributed by atoms with Crippen molar-refractivity contribution < 1.29 is 18.3 Å². The van der Waals surface area contributed by atoms with Crippen LogP contribution >= 0.6 is 0 Å². The van der Waals surface area contributed by atoms with Gasteiger partial charge >= 0.3 is 0 Å². The minimum absolute atomic E-state index is 0.196. The summed E-state index contributed by atoms with van der Waals surface area (Å²) in [6.07, 6.45) is 0. The summed E-state index contributed by atoms with van der Waals surface area (Å²) in [5.74, 6) is -1.70. The predicted octanol–water partition coefficient (Wildman–Crippen LogP) is 2.15. The molecule has 12 heteroatoms. The molecule has 0 aliphatic carbocycles. The Labute approximate surface area is 197 Å². The number of hydrogen-bond donors (Lipinski definition) is 2. The van der Waals surface area contributed by atoms with Crippen molar-refractivity contribution in [1.29, 1.82) is 0 Å². The van der Waals surface area contributed by atoms with E-state index in [9.17, 15) is 8.78 Å². The number of hydrogen-bond acceptors (Lipinski definition) is 9. The van der Waals surface area contributed by atoms with Crippen LogP contribution in [0.2, 0.25) is 0 Å². The number of nitrogen functional groups attached to an aromatic ring is 1. The maximum Gasteiger partial charge on any atom is 0.173 e. The van der Waals surface area contributed by atoms with Gasteiger partial charge in [0, 0.05) is 65.0 Å². The summed E-state index contributed by atoms with van der Waals surface area (Å²) >= 11 is 0. The minimum atomic E-state index is -0.978. The third-order valence-electron chi connectivity index (χ3n) is 6.06. The van der Waals surface area contributed by atoms with Gasteiger partial charge in [-0.05, 0) is 12.1 Å². The topological polar surface area (TPSA) is 108 Å². The van der Waals surface area contributed by atoms with Crippen LogP contribution in [0.1, 0.15) is 5.69 Å². The zero-order valence-electron chi connectivity index (χ0n) is 19.3. The number of halogens is 2. The molecule has 3 heterocycles. The molecule has 186 valence electrons. The molecule has 2 aliphatic rings. The molecule has 0 spiro atoms. The fourth-order valence-electron chi connectivity index (χ4n) is 3.97. The van der Waals surface area contributed by atoms with Gasteiger partial charge in [-0.2, -0.15) is 10.2 Å². The van der Waals surface area contributed by atoms with Crippen LogP contribution < -0.4 is 5.73 Å². The summed E-state index contributed by atoms with van der Waals surface area (Å²) in [6.45, 7) is 10.9. The van der Waals surface area contributed by atoms with Gasteiger partial charge in [0.05, 0.1) is 37.8 Å². The van der Waals surface area contributed by atoms with Crippen LogP contribution in [0, 0.1) is 11.6 Å². The van der Waals surface area contributed by atoms with Crippen LogP contribution in [0.3, 0.4) is 0 Å². The average Bonchev–Trinajstić information content (AvgIpc) is 3.21. The molecule has 10 nitrogen and oxygen atoms in total. The van der Waals surface area contributed by atoms with Gasteiger partial charge in [-0.25, -0.2) is 8.78 Å². The van der Waals surface area contributed by atoms with Crippen molar-refractivity contribution >= 4 is 17.2 Å². The lowest BCUT2D eigenvalue weighted by Gasteiger charge is -2.32.